The third-order valence-electron chi connectivity index (χ3n) is 3.24. The topological polar surface area (TPSA) is 42.4 Å². The van der Waals surface area contributed by atoms with Crippen molar-refractivity contribution in [3.8, 4) is 0 Å². The highest BCUT2D eigenvalue weighted by atomic mass is 32.1. The second-order valence-corrected chi connectivity index (χ2v) is 5.44. The van der Waals surface area contributed by atoms with Gasteiger partial charge in [0.1, 0.15) is 0 Å². The highest BCUT2D eigenvalue weighted by Gasteiger charge is 2.34. The standard InChI is InChI=1S/C11H14N2O2S/c1-7-10(6-14)16-11(12-7)13-4-8-2-3-9(5-13)15-8/h6,8-9H,2-5H2,1H3. The molecule has 0 aliphatic carbocycles. The number of aryl methyl sites for hydroxylation is 1. The van der Waals surface area contributed by atoms with E-state index in [9.17, 15) is 4.79 Å². The number of ether oxygens (including phenoxy) is 1. The van der Waals surface area contributed by atoms with Crippen LogP contribution in [0.25, 0.3) is 0 Å². The molecule has 16 heavy (non-hydrogen) atoms. The Morgan fingerprint density at radius 3 is 2.69 bits per heavy atom. The van der Waals surface area contributed by atoms with Gasteiger partial charge in [-0.3, -0.25) is 4.79 Å². The molecule has 1 aromatic rings. The van der Waals surface area contributed by atoms with Crippen molar-refractivity contribution in [2.75, 3.05) is 18.0 Å². The number of aromatic nitrogens is 1. The Morgan fingerprint density at radius 2 is 2.12 bits per heavy atom. The second-order valence-electron chi connectivity index (χ2n) is 4.43. The van der Waals surface area contributed by atoms with Gasteiger partial charge in [-0.15, -0.1) is 0 Å². The highest BCUT2D eigenvalue weighted by Crippen LogP contribution is 2.32. The van der Waals surface area contributed by atoms with Gasteiger partial charge in [0, 0.05) is 13.1 Å². The van der Waals surface area contributed by atoms with E-state index < -0.39 is 0 Å². The van der Waals surface area contributed by atoms with Crippen molar-refractivity contribution >= 4 is 22.8 Å². The fourth-order valence-electron chi connectivity index (χ4n) is 2.41. The van der Waals surface area contributed by atoms with E-state index in [0.717, 1.165) is 47.9 Å². The largest absolute Gasteiger partial charge is 0.371 e. The number of thiazole rings is 1. The van der Waals surface area contributed by atoms with E-state index in [-0.39, 0.29) is 0 Å². The monoisotopic (exact) mass is 238 g/mol. The number of carbonyl (C=O) groups is 1. The number of morpholine rings is 1. The Kier molecular flexibility index (Phi) is 2.44. The Labute approximate surface area is 98.2 Å². The lowest BCUT2D eigenvalue weighted by Crippen LogP contribution is -2.42. The van der Waals surface area contributed by atoms with Crippen LogP contribution < -0.4 is 4.90 Å². The Balaban J connectivity index is 1.84. The van der Waals surface area contributed by atoms with E-state index in [1.165, 1.54) is 11.3 Å². The summed E-state index contributed by atoms with van der Waals surface area (Å²) >= 11 is 1.49. The van der Waals surface area contributed by atoms with Crippen LogP contribution >= 0.6 is 11.3 Å². The van der Waals surface area contributed by atoms with E-state index in [0.29, 0.717) is 12.2 Å². The molecule has 0 spiro atoms. The van der Waals surface area contributed by atoms with Crippen molar-refractivity contribution in [1.29, 1.82) is 0 Å². The van der Waals surface area contributed by atoms with Gasteiger partial charge in [0.2, 0.25) is 0 Å². The molecule has 3 heterocycles. The van der Waals surface area contributed by atoms with Gasteiger partial charge >= 0.3 is 0 Å². The SMILES string of the molecule is Cc1nc(N2CC3CCC(C2)O3)sc1C=O. The van der Waals surface area contributed by atoms with Crippen molar-refractivity contribution in [1.82, 2.24) is 4.98 Å². The number of hydrogen-bond donors (Lipinski definition) is 0. The molecule has 0 N–H and O–H groups in total. The van der Waals surface area contributed by atoms with Crippen LogP contribution in [0.5, 0.6) is 0 Å². The highest BCUT2D eigenvalue weighted by molar-refractivity contribution is 7.17. The number of hydrogen-bond acceptors (Lipinski definition) is 5. The maximum Gasteiger partial charge on any atom is 0.186 e. The smallest absolute Gasteiger partial charge is 0.186 e. The van der Waals surface area contributed by atoms with Crippen molar-refractivity contribution in [3.05, 3.63) is 10.6 Å². The first kappa shape index (κ1) is 10.2. The zero-order valence-corrected chi connectivity index (χ0v) is 10.00. The molecule has 3 rings (SSSR count). The number of carbonyl (C=O) groups excluding carboxylic acids is 1. The first-order chi connectivity index (χ1) is 7.76. The van der Waals surface area contributed by atoms with E-state index in [1.807, 2.05) is 6.92 Å². The molecule has 2 fully saturated rings. The van der Waals surface area contributed by atoms with Crippen molar-refractivity contribution in [3.63, 3.8) is 0 Å². The van der Waals surface area contributed by atoms with Crippen LogP contribution in [0.2, 0.25) is 0 Å². The first-order valence-electron chi connectivity index (χ1n) is 5.59. The van der Waals surface area contributed by atoms with Gasteiger partial charge in [-0.1, -0.05) is 11.3 Å². The van der Waals surface area contributed by atoms with Crippen molar-refractivity contribution < 1.29 is 9.53 Å². The molecule has 2 saturated heterocycles. The molecule has 2 aliphatic rings. The molecule has 2 atom stereocenters. The molecule has 86 valence electrons. The fraction of sp³-hybridized carbons (Fsp3) is 0.636. The van der Waals surface area contributed by atoms with Crippen LogP contribution in [0.1, 0.15) is 28.2 Å². The summed E-state index contributed by atoms with van der Waals surface area (Å²) in [5, 5.41) is 0.972. The zero-order valence-electron chi connectivity index (χ0n) is 9.18. The van der Waals surface area contributed by atoms with E-state index in [2.05, 4.69) is 9.88 Å². The minimum Gasteiger partial charge on any atom is -0.371 e. The number of rotatable bonds is 2. The fourth-order valence-corrected chi connectivity index (χ4v) is 3.31. The zero-order chi connectivity index (χ0) is 11.1. The molecule has 0 saturated carbocycles. The Morgan fingerprint density at radius 1 is 1.44 bits per heavy atom. The molecular formula is C11H14N2O2S. The average molecular weight is 238 g/mol. The average Bonchev–Trinajstić information content (AvgIpc) is 2.82. The van der Waals surface area contributed by atoms with Crippen LogP contribution in [0, 0.1) is 6.92 Å². The van der Waals surface area contributed by atoms with Crippen LogP contribution in [-0.4, -0.2) is 36.6 Å². The van der Waals surface area contributed by atoms with Gasteiger partial charge < -0.3 is 9.64 Å². The number of fused-ring (bicyclic) bond motifs is 2. The summed E-state index contributed by atoms with van der Waals surface area (Å²) in [5.74, 6) is 0. The van der Waals surface area contributed by atoms with Crippen LogP contribution in [0.15, 0.2) is 0 Å². The quantitative estimate of drug-likeness (QED) is 0.734. The summed E-state index contributed by atoms with van der Waals surface area (Å²) in [4.78, 5) is 18.3. The van der Waals surface area contributed by atoms with Crippen LogP contribution in [0.4, 0.5) is 5.13 Å². The minimum atomic E-state index is 0.364. The molecule has 4 nitrogen and oxygen atoms in total. The van der Waals surface area contributed by atoms with Crippen molar-refractivity contribution in [2.24, 2.45) is 0 Å². The van der Waals surface area contributed by atoms with Gasteiger partial charge in [0.15, 0.2) is 11.4 Å². The lowest BCUT2D eigenvalue weighted by molar-refractivity contribution is 0.0305. The predicted molar refractivity (Wildman–Crippen MR) is 62.3 cm³/mol. The van der Waals surface area contributed by atoms with Crippen LogP contribution in [-0.2, 0) is 4.74 Å². The minimum absolute atomic E-state index is 0.364. The third-order valence-corrected chi connectivity index (χ3v) is 4.39. The predicted octanol–water partition coefficient (Wildman–Crippen LogP) is 1.63. The Bertz CT molecular complexity index is 406. The summed E-state index contributed by atoms with van der Waals surface area (Å²) in [5.41, 5.74) is 0.842. The molecule has 1 aromatic heterocycles. The summed E-state index contributed by atoms with van der Waals surface area (Å²) < 4.78 is 5.78. The lowest BCUT2D eigenvalue weighted by atomic mass is 10.2. The maximum atomic E-state index is 10.8. The van der Waals surface area contributed by atoms with E-state index in [1.54, 1.807) is 0 Å². The summed E-state index contributed by atoms with van der Waals surface area (Å²) in [6.45, 7) is 3.72. The molecule has 0 aromatic carbocycles. The molecule has 0 amide bonds. The number of aldehydes is 1. The molecule has 2 bridgehead atoms. The van der Waals surface area contributed by atoms with Crippen molar-refractivity contribution in [2.45, 2.75) is 32.0 Å². The summed E-state index contributed by atoms with van der Waals surface area (Å²) in [6.07, 6.45) is 3.94. The van der Waals surface area contributed by atoms with Gasteiger partial charge in [-0.2, -0.15) is 0 Å². The van der Waals surface area contributed by atoms with Gasteiger partial charge in [0.05, 0.1) is 22.8 Å². The lowest BCUT2D eigenvalue weighted by Gasteiger charge is -2.31. The van der Waals surface area contributed by atoms with Crippen LogP contribution in [0.3, 0.4) is 0 Å². The molecule has 2 aliphatic heterocycles. The van der Waals surface area contributed by atoms with Gasteiger partial charge in [-0.25, -0.2) is 4.98 Å². The van der Waals surface area contributed by atoms with Gasteiger partial charge in [0.25, 0.3) is 0 Å². The molecular weight excluding hydrogens is 224 g/mol. The number of anilines is 1. The third kappa shape index (κ3) is 1.64. The summed E-state index contributed by atoms with van der Waals surface area (Å²) in [7, 11) is 0. The van der Waals surface area contributed by atoms with E-state index >= 15 is 0 Å². The number of nitrogens with zero attached hydrogens (tertiary/aromatic N) is 2. The Hall–Kier alpha value is -0.940. The molecule has 0 radical (unpaired) electrons. The molecule has 2 unspecified atom stereocenters. The summed E-state index contributed by atoms with van der Waals surface area (Å²) in [6, 6.07) is 0. The van der Waals surface area contributed by atoms with Gasteiger partial charge in [-0.05, 0) is 19.8 Å². The molecule has 5 heteroatoms. The maximum absolute atomic E-state index is 10.8. The van der Waals surface area contributed by atoms with E-state index in [4.69, 9.17) is 4.74 Å². The first-order valence-corrected chi connectivity index (χ1v) is 6.41. The normalized spacial score (nSPS) is 28.4. The second kappa shape index (κ2) is 3.82.